The molecular formula is C19H17Cl2N3O5S. The zero-order valence-electron chi connectivity index (χ0n) is 15.9. The number of aromatic carboxylic acids is 1. The summed E-state index contributed by atoms with van der Waals surface area (Å²) in [4.78, 5) is 42.4. The van der Waals surface area contributed by atoms with Crippen LogP contribution in [0, 0.1) is 0 Å². The van der Waals surface area contributed by atoms with Gasteiger partial charge in [-0.3, -0.25) is 14.2 Å². The van der Waals surface area contributed by atoms with Crippen molar-refractivity contribution in [2.45, 2.75) is 19.4 Å². The summed E-state index contributed by atoms with van der Waals surface area (Å²) in [6.45, 7) is 1.79. The van der Waals surface area contributed by atoms with Gasteiger partial charge in [0.1, 0.15) is 16.7 Å². The number of anilines is 1. The van der Waals surface area contributed by atoms with Crippen molar-refractivity contribution >= 4 is 62.3 Å². The number of carbonyl (C=O) groups excluding carboxylic acids is 1. The molecule has 0 saturated carbocycles. The van der Waals surface area contributed by atoms with Crippen molar-refractivity contribution < 1.29 is 19.4 Å². The Morgan fingerprint density at radius 1 is 1.37 bits per heavy atom. The fourth-order valence-corrected chi connectivity index (χ4v) is 4.18. The number of hydrogen-bond acceptors (Lipinski definition) is 6. The number of carboxylic acids is 1. The number of ether oxygens (including phenoxy) is 1. The van der Waals surface area contributed by atoms with Crippen molar-refractivity contribution in [3.63, 3.8) is 0 Å². The molecule has 0 bridgehead atoms. The van der Waals surface area contributed by atoms with Gasteiger partial charge in [-0.25, -0.2) is 9.78 Å². The molecule has 3 aromatic rings. The molecule has 2 heterocycles. The summed E-state index contributed by atoms with van der Waals surface area (Å²) in [5, 5.41) is 14.0. The van der Waals surface area contributed by atoms with Gasteiger partial charge in [-0.15, -0.1) is 11.3 Å². The summed E-state index contributed by atoms with van der Waals surface area (Å²) in [7, 11) is 1.51. The molecule has 11 heteroatoms. The predicted molar refractivity (Wildman–Crippen MR) is 116 cm³/mol. The lowest BCUT2D eigenvalue weighted by atomic mass is 10.2. The van der Waals surface area contributed by atoms with Crippen LogP contribution in [-0.4, -0.2) is 40.3 Å². The van der Waals surface area contributed by atoms with E-state index in [1.54, 1.807) is 12.1 Å². The SMILES string of the molecule is COCCc1nc2scc(C(=O)O)c2c(=O)n1C(C)C(=O)Nc1cc(Cl)ccc1Cl. The van der Waals surface area contributed by atoms with Crippen molar-refractivity contribution in [3.8, 4) is 0 Å². The van der Waals surface area contributed by atoms with Crippen LogP contribution in [0.5, 0.6) is 0 Å². The Morgan fingerprint density at radius 3 is 2.77 bits per heavy atom. The van der Waals surface area contributed by atoms with Gasteiger partial charge >= 0.3 is 5.97 Å². The van der Waals surface area contributed by atoms with Crippen LogP contribution in [0.4, 0.5) is 5.69 Å². The number of amides is 1. The average molecular weight is 470 g/mol. The monoisotopic (exact) mass is 469 g/mol. The van der Waals surface area contributed by atoms with E-state index in [2.05, 4.69) is 10.3 Å². The Balaban J connectivity index is 2.09. The first-order chi connectivity index (χ1) is 14.2. The zero-order valence-corrected chi connectivity index (χ0v) is 18.3. The first-order valence-corrected chi connectivity index (χ1v) is 10.4. The normalized spacial score (nSPS) is 12.1. The highest BCUT2D eigenvalue weighted by molar-refractivity contribution is 7.17. The number of rotatable bonds is 7. The van der Waals surface area contributed by atoms with Crippen LogP contribution in [0.1, 0.15) is 29.1 Å². The van der Waals surface area contributed by atoms with Crippen molar-refractivity contribution in [3.05, 3.63) is 55.4 Å². The topological polar surface area (TPSA) is 111 Å². The van der Waals surface area contributed by atoms with Gasteiger partial charge in [0, 0.05) is 23.9 Å². The van der Waals surface area contributed by atoms with Gasteiger partial charge in [0.2, 0.25) is 5.91 Å². The lowest BCUT2D eigenvalue weighted by Gasteiger charge is -2.19. The van der Waals surface area contributed by atoms with Crippen LogP contribution in [0.15, 0.2) is 28.4 Å². The fourth-order valence-electron chi connectivity index (χ4n) is 2.92. The molecule has 1 atom stereocenters. The number of nitrogens with one attached hydrogen (secondary N) is 1. The maximum Gasteiger partial charge on any atom is 0.337 e. The lowest BCUT2D eigenvalue weighted by molar-refractivity contribution is -0.119. The van der Waals surface area contributed by atoms with E-state index in [4.69, 9.17) is 27.9 Å². The summed E-state index contributed by atoms with van der Waals surface area (Å²) in [6.07, 6.45) is 0.261. The average Bonchev–Trinajstić information content (AvgIpc) is 3.13. The molecule has 3 rings (SSSR count). The summed E-state index contributed by atoms with van der Waals surface area (Å²) in [5.74, 6) is -1.46. The van der Waals surface area contributed by atoms with Crippen molar-refractivity contribution in [2.24, 2.45) is 0 Å². The maximum atomic E-state index is 13.2. The number of nitrogens with zero attached hydrogens (tertiary/aromatic N) is 2. The van der Waals surface area contributed by atoms with E-state index in [1.165, 1.54) is 30.0 Å². The molecule has 2 N–H and O–H groups in total. The Labute approximate surface area is 185 Å². The third-order valence-corrected chi connectivity index (χ3v) is 5.86. The number of halogens is 2. The third kappa shape index (κ3) is 4.34. The second kappa shape index (κ2) is 9.13. The molecule has 0 aliphatic rings. The van der Waals surface area contributed by atoms with Gasteiger partial charge in [-0.1, -0.05) is 23.2 Å². The van der Waals surface area contributed by atoms with Gasteiger partial charge in [0.05, 0.1) is 28.3 Å². The Kier molecular flexibility index (Phi) is 6.77. The first-order valence-electron chi connectivity index (χ1n) is 8.75. The van der Waals surface area contributed by atoms with Gasteiger partial charge in [0.15, 0.2) is 0 Å². The summed E-state index contributed by atoms with van der Waals surface area (Å²) in [5.41, 5.74) is -0.460. The van der Waals surface area contributed by atoms with E-state index < -0.39 is 23.5 Å². The number of methoxy groups -OCH3 is 1. The number of fused-ring (bicyclic) bond motifs is 1. The van der Waals surface area contributed by atoms with E-state index in [-0.39, 0.29) is 29.0 Å². The Bertz CT molecular complexity index is 1190. The second-order valence-electron chi connectivity index (χ2n) is 6.37. The number of benzene rings is 1. The number of carbonyl (C=O) groups is 2. The largest absolute Gasteiger partial charge is 0.478 e. The van der Waals surface area contributed by atoms with E-state index in [9.17, 15) is 19.5 Å². The highest BCUT2D eigenvalue weighted by Crippen LogP contribution is 2.27. The van der Waals surface area contributed by atoms with Crippen LogP contribution in [-0.2, 0) is 16.0 Å². The molecule has 8 nitrogen and oxygen atoms in total. The van der Waals surface area contributed by atoms with Crippen LogP contribution >= 0.6 is 34.5 Å². The maximum absolute atomic E-state index is 13.2. The highest BCUT2D eigenvalue weighted by atomic mass is 35.5. The minimum atomic E-state index is -1.24. The summed E-state index contributed by atoms with van der Waals surface area (Å²) >= 11 is 13.1. The summed E-state index contributed by atoms with van der Waals surface area (Å²) in [6, 6.07) is 3.61. The predicted octanol–water partition coefficient (Wildman–Crippen LogP) is 3.85. The lowest BCUT2D eigenvalue weighted by Crippen LogP contribution is -2.35. The molecule has 0 fully saturated rings. The molecule has 0 saturated heterocycles. The number of aromatic nitrogens is 2. The molecule has 30 heavy (non-hydrogen) atoms. The second-order valence-corrected chi connectivity index (χ2v) is 8.07. The zero-order chi connectivity index (χ0) is 22.0. The van der Waals surface area contributed by atoms with Gasteiger partial charge in [-0.05, 0) is 25.1 Å². The smallest absolute Gasteiger partial charge is 0.337 e. The molecule has 0 spiro atoms. The molecular weight excluding hydrogens is 453 g/mol. The first kappa shape index (κ1) is 22.2. The van der Waals surface area contributed by atoms with E-state index in [0.717, 1.165) is 11.3 Å². The van der Waals surface area contributed by atoms with E-state index >= 15 is 0 Å². The highest BCUT2D eigenvalue weighted by Gasteiger charge is 2.25. The van der Waals surface area contributed by atoms with Gasteiger partial charge in [0.25, 0.3) is 5.56 Å². The van der Waals surface area contributed by atoms with Crippen LogP contribution in [0.25, 0.3) is 10.2 Å². The molecule has 1 aromatic carbocycles. The van der Waals surface area contributed by atoms with E-state index in [1.807, 2.05) is 0 Å². The van der Waals surface area contributed by atoms with Gasteiger partial charge < -0.3 is 15.2 Å². The Hall–Kier alpha value is -2.46. The minimum absolute atomic E-state index is 0.0332. The quantitative estimate of drug-likeness (QED) is 0.543. The number of thiophene rings is 1. The number of hydrogen-bond donors (Lipinski definition) is 2. The number of carboxylic acid groups (broad SMARTS) is 1. The van der Waals surface area contributed by atoms with Crippen molar-refractivity contribution in [2.75, 3.05) is 19.0 Å². The van der Waals surface area contributed by atoms with Crippen LogP contribution in [0.3, 0.4) is 0 Å². The minimum Gasteiger partial charge on any atom is -0.478 e. The molecule has 0 aliphatic heterocycles. The van der Waals surface area contributed by atoms with Crippen molar-refractivity contribution in [1.82, 2.24) is 9.55 Å². The van der Waals surface area contributed by atoms with Gasteiger partial charge in [-0.2, -0.15) is 0 Å². The molecule has 1 unspecified atom stereocenters. The fraction of sp³-hybridized carbons (Fsp3) is 0.263. The molecule has 158 valence electrons. The standard InChI is InChI=1S/C19H17Cl2N3O5S/c1-9(16(25)22-13-7-10(20)3-4-12(13)21)24-14(5-6-29-2)23-17-15(18(24)26)11(8-30-17)19(27)28/h3-4,7-9H,5-6H2,1-2H3,(H,22,25)(H,27,28). The van der Waals surface area contributed by atoms with E-state index in [0.29, 0.717) is 21.4 Å². The van der Waals surface area contributed by atoms with Crippen LogP contribution in [0.2, 0.25) is 10.0 Å². The van der Waals surface area contributed by atoms with Crippen molar-refractivity contribution in [1.29, 1.82) is 0 Å². The summed E-state index contributed by atoms with van der Waals surface area (Å²) < 4.78 is 6.27. The molecule has 0 aliphatic carbocycles. The Morgan fingerprint density at radius 2 is 2.10 bits per heavy atom. The molecule has 0 radical (unpaired) electrons. The molecule has 2 aromatic heterocycles. The van der Waals surface area contributed by atoms with Crippen LogP contribution < -0.4 is 10.9 Å². The molecule has 1 amide bonds. The third-order valence-electron chi connectivity index (χ3n) is 4.43.